The first kappa shape index (κ1) is 38.5. The molecular weight excluding hydrogens is 665 g/mol. The van der Waals surface area contributed by atoms with E-state index < -0.39 is 16.1 Å². The van der Waals surface area contributed by atoms with Crippen LogP contribution in [0.4, 0.5) is 0 Å². The highest BCUT2D eigenvalue weighted by Gasteiger charge is 2.42. The Balaban J connectivity index is 1.95. The van der Waals surface area contributed by atoms with Crippen molar-refractivity contribution in [2.45, 2.75) is 116 Å². The highest BCUT2D eigenvalue weighted by atomic mass is 28.3. The van der Waals surface area contributed by atoms with Gasteiger partial charge in [-0.05, 0) is 81.8 Å². The van der Waals surface area contributed by atoms with Gasteiger partial charge in [0.05, 0.1) is 67.1 Å². The molecule has 3 aromatic heterocycles. The lowest BCUT2D eigenvalue weighted by Crippen LogP contribution is -2.43. The van der Waals surface area contributed by atoms with Crippen LogP contribution in [0, 0.1) is 47.6 Å². The number of rotatable bonds is 6. The van der Waals surface area contributed by atoms with Gasteiger partial charge >= 0.3 is 0 Å². The van der Waals surface area contributed by atoms with Crippen molar-refractivity contribution in [1.82, 2.24) is 19.9 Å². The normalized spacial score (nSPS) is 12.8. The van der Waals surface area contributed by atoms with Crippen molar-refractivity contribution >= 4 is 62.5 Å². The van der Waals surface area contributed by atoms with E-state index in [0.29, 0.717) is 50.2 Å². The minimum absolute atomic E-state index is 0.489. The molecule has 5 rings (SSSR count). The Hall–Kier alpha value is -4.73. The van der Waals surface area contributed by atoms with Crippen LogP contribution in [0.3, 0.4) is 0 Å². The van der Waals surface area contributed by atoms with Crippen LogP contribution in [0.1, 0.15) is 128 Å². The van der Waals surface area contributed by atoms with Crippen LogP contribution in [0.5, 0.6) is 0 Å². The molecule has 0 aliphatic carbocycles. The summed E-state index contributed by atoms with van der Waals surface area (Å²) in [4.78, 5) is 17.5. The molecule has 0 radical (unpaired) electrons. The van der Waals surface area contributed by atoms with Crippen LogP contribution in [0.15, 0.2) is 24.3 Å². The number of aromatic nitrogens is 4. The average molecular weight is 719 g/mol. The molecule has 2 aliphatic heterocycles. The standard InChI is InChI=1S/C46H54N4Si2/c1-15-35-39-17-21-43(47-39)37(25-27-51(29(3)4,30(5)6)31(7)8)45-23-19-41(49-45)36(16-2)42-20-24-46(50-42)38(44-22-18-40(35)48-44)26-28-52(32(9)10,33(11)12)34(13)14/h1-2,17-24,29-34,47-48H,3-14H3. The maximum Gasteiger partial charge on any atom is 0.146 e. The molecule has 4 nitrogen and oxygen atoms in total. The molecule has 266 valence electrons. The predicted molar refractivity (Wildman–Crippen MR) is 231 cm³/mol. The second-order valence-corrected chi connectivity index (χ2v) is 27.2. The number of nitrogens with one attached hydrogen (secondary N) is 2. The maximum absolute atomic E-state index is 6.25. The molecule has 0 saturated heterocycles. The second-order valence-electron chi connectivity index (χ2n) is 16.1. The Morgan fingerprint density at radius 1 is 0.442 bits per heavy atom. The van der Waals surface area contributed by atoms with Crippen molar-refractivity contribution in [1.29, 1.82) is 0 Å². The minimum atomic E-state index is -2.06. The van der Waals surface area contributed by atoms with Gasteiger partial charge in [0.15, 0.2) is 0 Å². The monoisotopic (exact) mass is 718 g/mol. The summed E-state index contributed by atoms with van der Waals surface area (Å²) in [7, 11) is -4.11. The fourth-order valence-corrected chi connectivity index (χ4v) is 19.4. The lowest BCUT2D eigenvalue weighted by molar-refractivity contribution is 0.838. The highest BCUT2D eigenvalue weighted by Crippen LogP contribution is 2.42. The largest absolute Gasteiger partial charge is 0.353 e. The average Bonchev–Trinajstić information content (AvgIpc) is 3.90. The summed E-state index contributed by atoms with van der Waals surface area (Å²) in [6.07, 6.45) is 20.5. The lowest BCUT2D eigenvalue weighted by Gasteiger charge is -2.38. The third-order valence-electron chi connectivity index (χ3n) is 11.6. The molecule has 3 aromatic rings. The number of H-pyrrole nitrogens is 2. The first-order valence-electron chi connectivity index (χ1n) is 18.8. The van der Waals surface area contributed by atoms with Gasteiger partial charge in [0.25, 0.3) is 0 Å². The molecule has 6 heteroatoms. The Morgan fingerprint density at radius 3 is 0.981 bits per heavy atom. The van der Waals surface area contributed by atoms with Gasteiger partial charge in [0.1, 0.15) is 16.1 Å². The number of fused-ring (bicyclic) bond motifs is 8. The highest BCUT2D eigenvalue weighted by molar-refractivity contribution is 6.91. The molecule has 2 aliphatic rings. The topological polar surface area (TPSA) is 57.4 Å². The molecule has 0 aromatic carbocycles. The van der Waals surface area contributed by atoms with Gasteiger partial charge in [0, 0.05) is 0 Å². The second kappa shape index (κ2) is 15.1. The van der Waals surface area contributed by atoms with E-state index in [9.17, 15) is 0 Å². The molecular formula is C46H54N4Si2. The van der Waals surface area contributed by atoms with Crippen LogP contribution < -0.4 is 0 Å². The summed E-state index contributed by atoms with van der Waals surface area (Å²) < 4.78 is 0. The molecule has 5 heterocycles. The van der Waals surface area contributed by atoms with E-state index in [1.807, 2.05) is 36.4 Å². The van der Waals surface area contributed by atoms with Crippen molar-refractivity contribution in [3.05, 3.63) is 69.3 Å². The Kier molecular flexibility index (Phi) is 11.2. The molecule has 8 bridgehead atoms. The quantitative estimate of drug-likeness (QED) is 0.136. The summed E-state index contributed by atoms with van der Waals surface area (Å²) in [5, 5.41) is 0. The van der Waals surface area contributed by atoms with Gasteiger partial charge < -0.3 is 9.97 Å². The Bertz CT molecular complexity index is 2130. The smallest absolute Gasteiger partial charge is 0.146 e. The van der Waals surface area contributed by atoms with Gasteiger partial charge in [-0.2, -0.15) is 0 Å². The number of nitrogens with zero attached hydrogens (tertiary/aromatic N) is 2. The molecule has 0 fully saturated rings. The van der Waals surface area contributed by atoms with Crippen molar-refractivity contribution in [3.8, 4) is 47.6 Å². The molecule has 0 saturated carbocycles. The van der Waals surface area contributed by atoms with Crippen LogP contribution >= 0.6 is 0 Å². The van der Waals surface area contributed by atoms with Crippen molar-refractivity contribution in [2.24, 2.45) is 0 Å². The molecule has 0 unspecified atom stereocenters. The summed E-state index contributed by atoms with van der Waals surface area (Å²) in [5.41, 5.74) is 20.1. The summed E-state index contributed by atoms with van der Waals surface area (Å²) in [5.74, 6) is 13.3. The first-order chi connectivity index (χ1) is 24.6. The molecule has 0 amide bonds. The number of hydrogen-bond donors (Lipinski definition) is 2. The first-order valence-corrected chi connectivity index (χ1v) is 23.2. The third kappa shape index (κ3) is 6.68. The van der Waals surface area contributed by atoms with E-state index in [0.717, 1.165) is 50.1 Å². The summed E-state index contributed by atoms with van der Waals surface area (Å²) in [6.45, 7) is 28.0. The van der Waals surface area contributed by atoms with E-state index in [4.69, 9.17) is 22.8 Å². The van der Waals surface area contributed by atoms with E-state index in [-0.39, 0.29) is 0 Å². The van der Waals surface area contributed by atoms with Gasteiger partial charge in [-0.3, -0.25) is 0 Å². The van der Waals surface area contributed by atoms with Crippen LogP contribution in [-0.4, -0.2) is 36.1 Å². The molecule has 2 N–H and O–H groups in total. The van der Waals surface area contributed by atoms with Crippen LogP contribution in [0.2, 0.25) is 33.2 Å². The maximum atomic E-state index is 6.25. The van der Waals surface area contributed by atoms with Gasteiger partial charge in [0.2, 0.25) is 0 Å². The summed E-state index contributed by atoms with van der Waals surface area (Å²) >= 11 is 0. The van der Waals surface area contributed by atoms with E-state index in [1.54, 1.807) is 0 Å². The fraction of sp³-hybridized carbons (Fsp3) is 0.391. The van der Waals surface area contributed by atoms with E-state index in [2.05, 4.69) is 140 Å². The van der Waals surface area contributed by atoms with Crippen LogP contribution in [-0.2, 0) is 0 Å². The molecule has 0 atom stereocenters. The van der Waals surface area contributed by atoms with Gasteiger partial charge in [-0.25, -0.2) is 9.97 Å². The molecule has 0 spiro atoms. The predicted octanol–water partition coefficient (Wildman–Crippen LogP) is 11.8. The number of hydrogen-bond acceptors (Lipinski definition) is 2. The van der Waals surface area contributed by atoms with Gasteiger partial charge in [-0.15, -0.1) is 23.9 Å². The zero-order valence-corrected chi connectivity index (χ0v) is 35.1. The van der Waals surface area contributed by atoms with E-state index in [1.165, 1.54) is 0 Å². The zero-order valence-electron chi connectivity index (χ0n) is 33.1. The van der Waals surface area contributed by atoms with Crippen molar-refractivity contribution in [3.63, 3.8) is 0 Å². The third-order valence-corrected chi connectivity index (χ3v) is 24.2. The number of aromatic amines is 2. The zero-order chi connectivity index (χ0) is 38.1. The lowest BCUT2D eigenvalue weighted by atomic mass is 10.1. The van der Waals surface area contributed by atoms with Crippen molar-refractivity contribution < 1.29 is 0 Å². The van der Waals surface area contributed by atoms with Crippen molar-refractivity contribution in [2.75, 3.05) is 0 Å². The minimum Gasteiger partial charge on any atom is -0.353 e. The van der Waals surface area contributed by atoms with Gasteiger partial charge in [-0.1, -0.05) is 107 Å². The number of terminal acetylenes is 2. The Labute approximate surface area is 314 Å². The SMILES string of the molecule is C#Cc1c2nc(c(C#C[Si](C(C)C)(C(C)C)C(C)C)c3ccc([nH]3)c(C#C)c3ccc([nH]3)c(C#C[Si](C(C)C)(C(C)C)C(C)C)c3nc1C=C3)C=C2. The summed E-state index contributed by atoms with van der Waals surface area (Å²) in [6, 6.07) is 8.19. The Morgan fingerprint density at radius 2 is 0.712 bits per heavy atom. The van der Waals surface area contributed by atoms with E-state index >= 15 is 0 Å². The fourth-order valence-electron chi connectivity index (χ4n) is 8.98. The molecule has 52 heavy (non-hydrogen) atoms. The van der Waals surface area contributed by atoms with Crippen LogP contribution in [0.25, 0.3) is 46.4 Å².